The molecule has 29 heavy (non-hydrogen) atoms. The third kappa shape index (κ3) is 3.99. The van der Waals surface area contributed by atoms with Crippen molar-refractivity contribution in [1.29, 1.82) is 0 Å². The summed E-state index contributed by atoms with van der Waals surface area (Å²) in [4.78, 5) is 24.9. The second-order valence-electron chi connectivity index (χ2n) is 6.33. The summed E-state index contributed by atoms with van der Waals surface area (Å²) in [5.41, 5.74) is -3.53. The Morgan fingerprint density at radius 3 is 2.55 bits per heavy atom. The third-order valence-electron chi connectivity index (χ3n) is 4.46. The number of ether oxygens (including phenoxy) is 1. The number of alkyl halides is 3. The van der Waals surface area contributed by atoms with Gasteiger partial charge in [-0.25, -0.2) is 4.79 Å². The lowest BCUT2D eigenvalue weighted by atomic mass is 9.78. The normalized spacial score (nSPS) is 24.3. The van der Waals surface area contributed by atoms with E-state index in [9.17, 15) is 27.9 Å². The Morgan fingerprint density at radius 1 is 1.31 bits per heavy atom. The van der Waals surface area contributed by atoms with Crippen molar-refractivity contribution in [3.05, 3.63) is 64.9 Å². The number of ketones is 1. The van der Waals surface area contributed by atoms with E-state index >= 15 is 0 Å². The van der Waals surface area contributed by atoms with E-state index in [1.54, 1.807) is 0 Å². The quantitative estimate of drug-likeness (QED) is 0.488. The number of carbonyl (C=O) groups excluding carboxylic acids is 2. The SMILES string of the molecule is C=CCOc1ccc([C@@H]2NC(=O)N[C@](O)(C(F)(F)F)[C@H]2C(=O)c2cccs2)cc1. The first-order valence-corrected chi connectivity index (χ1v) is 9.34. The number of benzene rings is 1. The van der Waals surface area contributed by atoms with Crippen LogP contribution in [-0.2, 0) is 0 Å². The van der Waals surface area contributed by atoms with E-state index in [0.29, 0.717) is 5.75 Å². The van der Waals surface area contributed by atoms with E-state index in [-0.39, 0.29) is 17.0 Å². The number of carbonyl (C=O) groups is 2. The fourth-order valence-electron chi connectivity index (χ4n) is 3.12. The minimum absolute atomic E-state index is 0.0339. The number of hydrogen-bond acceptors (Lipinski definition) is 5. The molecule has 1 aliphatic rings. The Bertz CT molecular complexity index is 899. The number of Topliss-reactive ketones (excluding diaryl/α,β-unsaturated/α-hetero) is 1. The zero-order valence-electron chi connectivity index (χ0n) is 14.9. The molecule has 3 N–H and O–H groups in total. The van der Waals surface area contributed by atoms with Crippen molar-refractivity contribution >= 4 is 23.2 Å². The van der Waals surface area contributed by atoms with Crippen molar-refractivity contribution in [3.8, 4) is 5.75 Å². The molecule has 2 heterocycles. The van der Waals surface area contributed by atoms with Crippen molar-refractivity contribution in [2.45, 2.75) is 17.9 Å². The lowest BCUT2D eigenvalue weighted by molar-refractivity contribution is -0.287. The van der Waals surface area contributed by atoms with Gasteiger partial charge in [0.25, 0.3) is 0 Å². The molecule has 0 spiro atoms. The highest BCUT2D eigenvalue weighted by molar-refractivity contribution is 7.12. The van der Waals surface area contributed by atoms with Crippen LogP contribution < -0.4 is 15.4 Å². The molecule has 3 atom stereocenters. The largest absolute Gasteiger partial charge is 0.490 e. The van der Waals surface area contributed by atoms with Gasteiger partial charge in [-0.05, 0) is 29.1 Å². The average Bonchev–Trinajstić information content (AvgIpc) is 3.20. The summed E-state index contributed by atoms with van der Waals surface area (Å²) in [7, 11) is 0. The lowest BCUT2D eigenvalue weighted by Gasteiger charge is -2.44. The van der Waals surface area contributed by atoms with Gasteiger partial charge in [0.2, 0.25) is 5.72 Å². The maximum absolute atomic E-state index is 13.8. The van der Waals surface area contributed by atoms with Gasteiger partial charge >= 0.3 is 12.2 Å². The van der Waals surface area contributed by atoms with E-state index in [1.165, 1.54) is 53.2 Å². The molecule has 0 radical (unpaired) electrons. The van der Waals surface area contributed by atoms with Crippen molar-refractivity contribution < 1.29 is 32.6 Å². The van der Waals surface area contributed by atoms with Crippen LogP contribution in [0.4, 0.5) is 18.0 Å². The molecule has 0 bridgehead atoms. The van der Waals surface area contributed by atoms with Crippen LogP contribution in [0.1, 0.15) is 21.3 Å². The van der Waals surface area contributed by atoms with E-state index in [1.807, 2.05) is 0 Å². The zero-order valence-corrected chi connectivity index (χ0v) is 15.7. The molecule has 0 aliphatic carbocycles. The number of aliphatic hydroxyl groups is 1. The molecule has 1 fully saturated rings. The van der Waals surface area contributed by atoms with Crippen LogP contribution in [0.5, 0.6) is 5.75 Å². The molecular weight excluding hydrogens is 409 g/mol. The zero-order chi connectivity index (χ0) is 21.2. The van der Waals surface area contributed by atoms with Crippen molar-refractivity contribution in [3.63, 3.8) is 0 Å². The van der Waals surface area contributed by atoms with Crippen LogP contribution in [0, 0.1) is 5.92 Å². The Morgan fingerprint density at radius 2 is 2.00 bits per heavy atom. The second-order valence-corrected chi connectivity index (χ2v) is 7.28. The van der Waals surface area contributed by atoms with Crippen LogP contribution in [0.25, 0.3) is 0 Å². The number of amides is 2. The maximum Gasteiger partial charge on any atom is 0.437 e. The number of hydrogen-bond donors (Lipinski definition) is 3. The smallest absolute Gasteiger partial charge is 0.437 e. The lowest BCUT2D eigenvalue weighted by Crippen LogP contribution is -2.72. The third-order valence-corrected chi connectivity index (χ3v) is 5.34. The molecular formula is C19H17F3N2O4S. The summed E-state index contributed by atoms with van der Waals surface area (Å²) in [6.45, 7) is 3.75. The maximum atomic E-state index is 13.8. The number of halogens is 3. The highest BCUT2D eigenvalue weighted by atomic mass is 32.1. The number of nitrogens with one attached hydrogen (secondary N) is 2. The van der Waals surface area contributed by atoms with Crippen LogP contribution in [-0.4, -0.2) is 35.4 Å². The first-order chi connectivity index (χ1) is 13.7. The molecule has 154 valence electrons. The second kappa shape index (κ2) is 7.88. The van der Waals surface area contributed by atoms with Crippen LogP contribution in [0.15, 0.2) is 54.4 Å². The van der Waals surface area contributed by atoms with Gasteiger partial charge in [0.1, 0.15) is 18.3 Å². The van der Waals surface area contributed by atoms with Crippen LogP contribution in [0.3, 0.4) is 0 Å². The highest BCUT2D eigenvalue weighted by Crippen LogP contribution is 2.44. The molecule has 3 rings (SSSR count). The predicted octanol–water partition coefficient (Wildman–Crippen LogP) is 3.42. The number of rotatable bonds is 6. The minimum Gasteiger partial charge on any atom is -0.490 e. The predicted molar refractivity (Wildman–Crippen MR) is 99.7 cm³/mol. The van der Waals surface area contributed by atoms with E-state index in [4.69, 9.17) is 4.74 Å². The summed E-state index contributed by atoms with van der Waals surface area (Å²) in [5.74, 6) is -2.55. The Kier molecular flexibility index (Phi) is 5.67. The Hall–Kier alpha value is -2.85. The molecule has 1 aliphatic heterocycles. The van der Waals surface area contributed by atoms with Gasteiger partial charge in [-0.15, -0.1) is 11.3 Å². The molecule has 1 aromatic heterocycles. The molecule has 1 saturated heterocycles. The number of thiophene rings is 1. The van der Waals surface area contributed by atoms with Crippen molar-refractivity contribution in [2.24, 2.45) is 5.92 Å². The average molecular weight is 426 g/mol. The van der Waals surface area contributed by atoms with Gasteiger partial charge in [-0.2, -0.15) is 13.2 Å². The summed E-state index contributed by atoms with van der Waals surface area (Å²) >= 11 is 0.948. The molecule has 0 saturated carbocycles. The fourth-order valence-corrected chi connectivity index (χ4v) is 3.82. The minimum atomic E-state index is -5.28. The molecule has 6 nitrogen and oxygen atoms in total. The van der Waals surface area contributed by atoms with Crippen LogP contribution >= 0.6 is 11.3 Å². The van der Waals surface area contributed by atoms with Gasteiger partial charge in [-0.1, -0.05) is 30.9 Å². The Balaban J connectivity index is 2.05. The van der Waals surface area contributed by atoms with E-state index < -0.39 is 35.7 Å². The van der Waals surface area contributed by atoms with Gasteiger partial charge in [0.15, 0.2) is 5.78 Å². The summed E-state index contributed by atoms with van der Waals surface area (Å²) in [6, 6.07) is 6.07. The summed E-state index contributed by atoms with van der Waals surface area (Å²) < 4.78 is 46.7. The summed E-state index contributed by atoms with van der Waals surface area (Å²) in [6.07, 6.45) is -3.76. The van der Waals surface area contributed by atoms with Gasteiger partial charge in [0, 0.05) is 0 Å². The first-order valence-electron chi connectivity index (χ1n) is 8.46. The topological polar surface area (TPSA) is 87.7 Å². The van der Waals surface area contributed by atoms with E-state index in [2.05, 4.69) is 11.9 Å². The molecule has 0 unspecified atom stereocenters. The standard InChI is InChI=1S/C19H17F3N2O4S/c1-2-9-28-12-7-5-11(6-8-12)15-14(16(25)13-4-3-10-29-13)18(27,19(20,21)22)24-17(26)23-15/h2-8,10,14-15,27H,1,9H2,(H2,23,24,26)/t14-,15+,18-/m1/s1. The van der Waals surface area contributed by atoms with Gasteiger partial charge in [-0.3, -0.25) is 4.79 Å². The molecule has 10 heteroatoms. The van der Waals surface area contributed by atoms with E-state index in [0.717, 1.165) is 11.3 Å². The highest BCUT2D eigenvalue weighted by Gasteiger charge is 2.66. The number of urea groups is 1. The molecule has 2 aromatic rings. The molecule has 2 amide bonds. The molecule has 1 aromatic carbocycles. The van der Waals surface area contributed by atoms with Gasteiger partial charge in [0.05, 0.1) is 10.9 Å². The first kappa shape index (κ1) is 20.9. The fraction of sp³-hybridized carbons (Fsp3) is 0.263. The monoisotopic (exact) mass is 426 g/mol. The van der Waals surface area contributed by atoms with Crippen LogP contribution in [0.2, 0.25) is 0 Å². The van der Waals surface area contributed by atoms with Gasteiger partial charge < -0.3 is 20.5 Å². The Labute approximate surface area is 168 Å². The van der Waals surface area contributed by atoms with Crippen molar-refractivity contribution in [2.75, 3.05) is 6.61 Å². The summed E-state index contributed by atoms with van der Waals surface area (Å²) in [5, 5.41) is 15.8. The van der Waals surface area contributed by atoms with Crippen molar-refractivity contribution in [1.82, 2.24) is 10.6 Å².